The molecule has 14 heteroatoms. The molecule has 9 N–H and O–H groups in total. The highest BCUT2D eigenvalue weighted by atomic mass is 16.7. The van der Waals surface area contributed by atoms with Crippen LogP contribution in [0.3, 0.4) is 0 Å². The molecule has 0 aromatic rings. The fourth-order valence-electron chi connectivity index (χ4n) is 14.0. The van der Waals surface area contributed by atoms with Gasteiger partial charge in [0.25, 0.3) is 0 Å². The average molecular weight is 813 g/mol. The van der Waals surface area contributed by atoms with Crippen molar-refractivity contribution >= 4 is 0 Å². The number of allylic oxidation sites excluding steroid dienone is 1. The predicted molar refractivity (Wildman–Crippen MR) is 205 cm³/mol. The van der Waals surface area contributed by atoms with E-state index < -0.39 is 91.1 Å². The van der Waals surface area contributed by atoms with Gasteiger partial charge in [0.15, 0.2) is 12.6 Å². The van der Waals surface area contributed by atoms with Crippen LogP contribution in [0.1, 0.15) is 99.8 Å². The van der Waals surface area contributed by atoms with E-state index in [1.165, 1.54) is 5.57 Å². The second-order valence-corrected chi connectivity index (χ2v) is 21.0. The third-order valence-electron chi connectivity index (χ3n) is 17.7. The molecule has 2 saturated heterocycles. The number of hydrogen-bond donors (Lipinski definition) is 9. The fraction of sp³-hybridized carbons (Fsp3) is 0.953. The third-order valence-corrected chi connectivity index (χ3v) is 17.7. The average Bonchev–Trinajstić information content (AvgIpc) is 3.16. The van der Waals surface area contributed by atoms with Crippen LogP contribution < -0.4 is 0 Å². The highest BCUT2D eigenvalue weighted by Crippen LogP contribution is 2.76. The fourth-order valence-corrected chi connectivity index (χ4v) is 14.0. The molecular formula is C43H72O14. The Morgan fingerprint density at radius 2 is 1.42 bits per heavy atom. The highest BCUT2D eigenvalue weighted by Gasteiger charge is 2.72. The van der Waals surface area contributed by atoms with Crippen LogP contribution >= 0.6 is 0 Å². The van der Waals surface area contributed by atoms with E-state index in [4.69, 9.17) is 23.7 Å². The Hall–Kier alpha value is -0.820. The van der Waals surface area contributed by atoms with Gasteiger partial charge in [-0.25, -0.2) is 0 Å². The van der Waals surface area contributed by atoms with Gasteiger partial charge in [0, 0.05) is 23.9 Å². The van der Waals surface area contributed by atoms with E-state index in [0.29, 0.717) is 12.8 Å². The minimum Gasteiger partial charge on any atom is -0.396 e. The molecule has 0 spiro atoms. The summed E-state index contributed by atoms with van der Waals surface area (Å²) in [5.41, 5.74) is -0.934. The van der Waals surface area contributed by atoms with Crippen LogP contribution in [0.25, 0.3) is 0 Å². The van der Waals surface area contributed by atoms with Gasteiger partial charge in [-0.2, -0.15) is 0 Å². The molecule has 0 unspecified atom stereocenters. The predicted octanol–water partition coefficient (Wildman–Crippen LogP) is 1.39. The molecular weight excluding hydrogens is 740 g/mol. The van der Waals surface area contributed by atoms with Crippen LogP contribution in [0.4, 0.5) is 0 Å². The smallest absolute Gasteiger partial charge is 0.187 e. The van der Waals surface area contributed by atoms with Crippen molar-refractivity contribution in [1.29, 1.82) is 0 Å². The Balaban J connectivity index is 1.17. The molecule has 14 nitrogen and oxygen atoms in total. The zero-order valence-electron chi connectivity index (χ0n) is 35.2. The Morgan fingerprint density at radius 1 is 0.737 bits per heavy atom. The number of aliphatic hydroxyl groups excluding tert-OH is 9. The molecule has 6 fully saturated rings. The molecule has 21 atom stereocenters. The maximum absolute atomic E-state index is 12.1. The lowest BCUT2D eigenvalue weighted by atomic mass is 9.32. The summed E-state index contributed by atoms with van der Waals surface area (Å²) in [5.74, 6) is 0.0264. The molecule has 0 aromatic heterocycles. The van der Waals surface area contributed by atoms with Gasteiger partial charge in [-0.15, -0.1) is 0 Å². The summed E-state index contributed by atoms with van der Waals surface area (Å²) in [6.07, 6.45) is -7.49. The Bertz CT molecular complexity index is 1490. The highest BCUT2D eigenvalue weighted by molar-refractivity contribution is 5.37. The summed E-state index contributed by atoms with van der Waals surface area (Å²) in [4.78, 5) is 0. The van der Waals surface area contributed by atoms with Crippen molar-refractivity contribution in [2.24, 2.45) is 50.2 Å². The van der Waals surface area contributed by atoms with Crippen molar-refractivity contribution in [2.75, 3.05) is 26.9 Å². The van der Waals surface area contributed by atoms with E-state index in [0.717, 1.165) is 38.5 Å². The molecule has 0 radical (unpaired) electrons. The minimum atomic E-state index is -1.74. The van der Waals surface area contributed by atoms with Gasteiger partial charge in [0.2, 0.25) is 0 Å². The van der Waals surface area contributed by atoms with Crippen molar-refractivity contribution in [3.63, 3.8) is 0 Å². The van der Waals surface area contributed by atoms with Crippen molar-refractivity contribution in [3.8, 4) is 0 Å². The Kier molecular flexibility index (Phi) is 11.8. The number of hydrogen-bond acceptors (Lipinski definition) is 14. The maximum Gasteiger partial charge on any atom is 0.187 e. The summed E-state index contributed by atoms with van der Waals surface area (Å²) in [5, 5.41) is 98.1. The normalized spacial score (nSPS) is 56.1. The number of rotatable bonds is 8. The maximum atomic E-state index is 12.1. The topological polar surface area (TPSA) is 228 Å². The first kappa shape index (κ1) is 44.2. The van der Waals surface area contributed by atoms with E-state index in [9.17, 15) is 46.0 Å². The van der Waals surface area contributed by atoms with Crippen molar-refractivity contribution < 1.29 is 69.6 Å². The molecule has 328 valence electrons. The van der Waals surface area contributed by atoms with Gasteiger partial charge in [-0.3, -0.25) is 0 Å². The second kappa shape index (κ2) is 15.2. The van der Waals surface area contributed by atoms with E-state index in [1.54, 1.807) is 14.0 Å². The molecule has 2 aliphatic heterocycles. The first-order valence-electron chi connectivity index (χ1n) is 21.4. The van der Waals surface area contributed by atoms with E-state index in [2.05, 4.69) is 40.7 Å². The standard InChI is InChI=1S/C43H72O14/c1-21-29(48)34(57-36-32(51)31(50)30(49)25(18-44)55-36)33(52)37(54-21)56-28-10-11-39(4)26(40(28,5)19-45)9-12-41(6)35(39)24(53-8)15-22-23-16-38(2,3)13-14-43(23,20-46)27(47)17-42(22,41)7/h15,21,23-37,44-52H,9-14,16-20H2,1-8H3/t21-,23+,24+,25-,26-,27+,28-,29+,30-,31+,32-,33-,34+,35-,36+,37+,39+,40-,41-,42-,43-/m1/s1. The van der Waals surface area contributed by atoms with Gasteiger partial charge < -0.3 is 69.6 Å². The number of ether oxygens (including phenoxy) is 5. The first-order valence-corrected chi connectivity index (χ1v) is 21.4. The van der Waals surface area contributed by atoms with Crippen molar-refractivity contribution in [1.82, 2.24) is 0 Å². The first-order chi connectivity index (χ1) is 26.6. The van der Waals surface area contributed by atoms with E-state index in [1.807, 2.05) is 6.92 Å². The molecule has 2 heterocycles. The summed E-state index contributed by atoms with van der Waals surface area (Å²) in [7, 11) is 1.78. The van der Waals surface area contributed by atoms with Crippen LogP contribution in [0.15, 0.2) is 11.6 Å². The monoisotopic (exact) mass is 812 g/mol. The van der Waals surface area contributed by atoms with E-state index in [-0.39, 0.29) is 58.7 Å². The summed E-state index contributed by atoms with van der Waals surface area (Å²) in [6, 6.07) is 0. The lowest BCUT2D eigenvalue weighted by Gasteiger charge is -2.73. The van der Waals surface area contributed by atoms with Gasteiger partial charge in [-0.1, -0.05) is 53.2 Å². The summed E-state index contributed by atoms with van der Waals surface area (Å²) < 4.78 is 30.6. The second-order valence-electron chi connectivity index (χ2n) is 21.0. The number of methoxy groups -OCH3 is 1. The number of fused-ring (bicyclic) bond motifs is 7. The number of aliphatic hydroxyl groups is 9. The quantitative estimate of drug-likeness (QED) is 0.125. The molecule has 7 aliphatic rings. The summed E-state index contributed by atoms with van der Waals surface area (Å²) >= 11 is 0. The molecule has 57 heavy (non-hydrogen) atoms. The van der Waals surface area contributed by atoms with Crippen LogP contribution in [0.5, 0.6) is 0 Å². The molecule has 4 saturated carbocycles. The van der Waals surface area contributed by atoms with Gasteiger partial charge in [-0.05, 0) is 91.8 Å². The lowest BCUT2D eigenvalue weighted by molar-refractivity contribution is -0.368. The SMILES string of the molecule is CO[C@H]1C=C2[C@@H]3CC(C)(C)CC[C@]3(CO)[C@@H](O)C[C@@]2(C)[C@]2(C)CC[C@@H]3[C@](C)(CC[C@@H](O[C@@H]4O[C@H](C)[C@H](O)[C@H](O[C@@H]5O[C@H](CO)[C@@H](O)[C@H](O)[C@H]5O)[C@H]4O)[C@]3(C)CO)[C@@H]12. The van der Waals surface area contributed by atoms with Gasteiger partial charge >= 0.3 is 0 Å². The lowest BCUT2D eigenvalue weighted by Crippen LogP contribution is -2.70. The zero-order valence-corrected chi connectivity index (χ0v) is 35.2. The molecule has 5 aliphatic carbocycles. The zero-order chi connectivity index (χ0) is 41.8. The Morgan fingerprint density at radius 3 is 2.05 bits per heavy atom. The van der Waals surface area contributed by atoms with Crippen molar-refractivity contribution in [2.45, 2.75) is 180 Å². The van der Waals surface area contributed by atoms with Crippen LogP contribution in [0, 0.1) is 50.2 Å². The van der Waals surface area contributed by atoms with Crippen LogP contribution in [-0.2, 0) is 23.7 Å². The van der Waals surface area contributed by atoms with Gasteiger partial charge in [0.05, 0.1) is 44.2 Å². The largest absolute Gasteiger partial charge is 0.396 e. The molecule has 7 rings (SSSR count). The third kappa shape index (κ3) is 6.48. The Labute approximate surface area is 337 Å². The van der Waals surface area contributed by atoms with Crippen LogP contribution in [-0.4, -0.2) is 153 Å². The molecule has 0 aromatic carbocycles. The minimum absolute atomic E-state index is 0.0303. The summed E-state index contributed by atoms with van der Waals surface area (Å²) in [6.45, 7) is 14.4. The van der Waals surface area contributed by atoms with Gasteiger partial charge in [0.1, 0.15) is 42.7 Å². The van der Waals surface area contributed by atoms with Crippen molar-refractivity contribution in [3.05, 3.63) is 11.6 Å². The van der Waals surface area contributed by atoms with Crippen LogP contribution in [0.2, 0.25) is 0 Å². The molecule has 0 bridgehead atoms. The molecule has 0 amide bonds. The van der Waals surface area contributed by atoms with E-state index >= 15 is 0 Å².